The average Bonchev–Trinajstić information content (AvgIpc) is 2.26. The monoisotopic (exact) mass is 288 g/mol. The molecule has 0 aliphatic heterocycles. The van der Waals surface area contributed by atoms with Gasteiger partial charge >= 0.3 is 5.97 Å². The maximum atomic E-state index is 11.1. The highest BCUT2D eigenvalue weighted by Crippen LogP contribution is 2.24. The first kappa shape index (κ1) is 17.0. The molecule has 0 aliphatic rings. The van der Waals surface area contributed by atoms with Gasteiger partial charge in [-0.15, -0.1) is 12.4 Å². The zero-order chi connectivity index (χ0) is 12.9. The van der Waals surface area contributed by atoms with Gasteiger partial charge in [-0.3, -0.25) is 0 Å². The summed E-state index contributed by atoms with van der Waals surface area (Å²) in [6.45, 7) is 6.40. The van der Waals surface area contributed by atoms with Crippen LogP contribution in [0.15, 0.2) is 24.3 Å². The number of carboxylic acid groups (broad SMARTS) is 1. The van der Waals surface area contributed by atoms with Crippen LogP contribution in [0.1, 0.15) is 30.1 Å². The Balaban J connectivity index is 0.00000289. The molecule has 102 valence electrons. The standard InChI is InChI=1S/C13H20O3Si.ClH/c1-4-5-10-17(2,3)16-12-9-7-6-8-11(12)13(14)15;/h6-9H,4-5,10H2,1-3H3,(H,14,15);1H. The molecule has 1 rings (SSSR count). The van der Waals surface area contributed by atoms with Crippen LogP contribution >= 0.6 is 12.4 Å². The number of unbranched alkanes of at least 4 members (excludes halogenated alkanes) is 1. The number of halogens is 1. The van der Waals surface area contributed by atoms with E-state index in [9.17, 15) is 4.79 Å². The van der Waals surface area contributed by atoms with Crippen LogP contribution in [0, 0.1) is 0 Å². The highest BCUT2D eigenvalue weighted by atomic mass is 35.5. The van der Waals surface area contributed by atoms with E-state index in [4.69, 9.17) is 9.53 Å². The predicted molar refractivity (Wildman–Crippen MR) is 78.5 cm³/mol. The van der Waals surface area contributed by atoms with Gasteiger partial charge in [0.05, 0.1) is 5.56 Å². The number of hydrogen-bond acceptors (Lipinski definition) is 2. The summed E-state index contributed by atoms with van der Waals surface area (Å²) in [6, 6.07) is 7.91. The van der Waals surface area contributed by atoms with E-state index in [0.717, 1.165) is 18.9 Å². The van der Waals surface area contributed by atoms with E-state index in [1.807, 2.05) is 6.07 Å². The van der Waals surface area contributed by atoms with Gasteiger partial charge in [0.1, 0.15) is 5.75 Å². The Morgan fingerprint density at radius 1 is 1.33 bits per heavy atom. The fourth-order valence-corrected chi connectivity index (χ4v) is 3.76. The lowest BCUT2D eigenvalue weighted by molar-refractivity contribution is 0.0695. The van der Waals surface area contributed by atoms with Gasteiger partial charge in [0.25, 0.3) is 0 Å². The molecule has 1 aromatic carbocycles. The van der Waals surface area contributed by atoms with Gasteiger partial charge in [-0.05, 0) is 31.3 Å². The summed E-state index contributed by atoms with van der Waals surface area (Å²) in [5.74, 6) is -0.423. The molecule has 0 radical (unpaired) electrons. The second-order valence-corrected chi connectivity index (χ2v) is 8.99. The number of para-hydroxylation sites is 1. The number of carbonyl (C=O) groups is 1. The first-order chi connectivity index (χ1) is 7.96. The minimum Gasteiger partial charge on any atom is -0.543 e. The molecule has 1 aromatic rings. The molecular formula is C13H21ClO3Si. The van der Waals surface area contributed by atoms with E-state index < -0.39 is 14.3 Å². The van der Waals surface area contributed by atoms with E-state index in [1.54, 1.807) is 18.2 Å². The van der Waals surface area contributed by atoms with Crippen molar-refractivity contribution in [3.8, 4) is 5.75 Å². The number of carboxylic acids is 1. The van der Waals surface area contributed by atoms with Crippen LogP contribution in [0.2, 0.25) is 19.1 Å². The third kappa shape index (κ3) is 5.10. The normalized spacial score (nSPS) is 10.6. The van der Waals surface area contributed by atoms with Crippen LogP contribution in [0.5, 0.6) is 5.75 Å². The largest absolute Gasteiger partial charge is 0.543 e. The van der Waals surface area contributed by atoms with Crippen LogP contribution in [-0.4, -0.2) is 19.4 Å². The summed E-state index contributed by atoms with van der Waals surface area (Å²) < 4.78 is 5.95. The molecule has 0 aromatic heterocycles. The lowest BCUT2D eigenvalue weighted by atomic mass is 10.2. The predicted octanol–water partition coefficient (Wildman–Crippen LogP) is 4.19. The van der Waals surface area contributed by atoms with Crippen molar-refractivity contribution < 1.29 is 14.3 Å². The van der Waals surface area contributed by atoms with Gasteiger partial charge in [-0.25, -0.2) is 4.79 Å². The third-order valence-corrected chi connectivity index (χ3v) is 4.97. The maximum Gasteiger partial charge on any atom is 0.339 e. The number of aromatic carboxylic acids is 1. The SMILES string of the molecule is CCCC[Si](C)(C)Oc1ccccc1C(=O)O.Cl. The van der Waals surface area contributed by atoms with Crippen molar-refractivity contribution in [3.63, 3.8) is 0 Å². The molecule has 18 heavy (non-hydrogen) atoms. The Hall–Kier alpha value is -1.00. The topological polar surface area (TPSA) is 46.5 Å². The second-order valence-electron chi connectivity index (χ2n) is 4.77. The van der Waals surface area contributed by atoms with Crippen molar-refractivity contribution in [2.45, 2.75) is 38.9 Å². The lowest BCUT2D eigenvalue weighted by Crippen LogP contribution is -2.34. The van der Waals surface area contributed by atoms with E-state index in [1.165, 1.54) is 0 Å². The van der Waals surface area contributed by atoms with Gasteiger partial charge < -0.3 is 9.53 Å². The molecule has 5 heteroatoms. The van der Waals surface area contributed by atoms with E-state index >= 15 is 0 Å². The molecule has 0 saturated heterocycles. The van der Waals surface area contributed by atoms with Crippen LogP contribution in [-0.2, 0) is 0 Å². The molecule has 0 fully saturated rings. The Morgan fingerprint density at radius 3 is 2.50 bits per heavy atom. The molecule has 1 N–H and O–H groups in total. The van der Waals surface area contributed by atoms with Crippen LogP contribution in [0.4, 0.5) is 0 Å². The van der Waals surface area contributed by atoms with Crippen molar-refractivity contribution in [1.82, 2.24) is 0 Å². The van der Waals surface area contributed by atoms with Crippen LogP contribution < -0.4 is 4.43 Å². The molecule has 3 nitrogen and oxygen atoms in total. The Morgan fingerprint density at radius 2 is 1.94 bits per heavy atom. The number of hydrogen-bond donors (Lipinski definition) is 1. The van der Waals surface area contributed by atoms with Crippen molar-refractivity contribution in [3.05, 3.63) is 29.8 Å². The molecule has 0 heterocycles. The quantitative estimate of drug-likeness (QED) is 0.798. The van der Waals surface area contributed by atoms with Crippen molar-refractivity contribution in [2.24, 2.45) is 0 Å². The van der Waals surface area contributed by atoms with Crippen LogP contribution in [0.25, 0.3) is 0 Å². The van der Waals surface area contributed by atoms with Crippen molar-refractivity contribution in [2.75, 3.05) is 0 Å². The maximum absolute atomic E-state index is 11.1. The number of benzene rings is 1. The number of rotatable bonds is 6. The Bertz CT molecular complexity index is 394. The van der Waals surface area contributed by atoms with E-state index in [-0.39, 0.29) is 18.0 Å². The Kier molecular flexibility index (Phi) is 7.02. The highest BCUT2D eigenvalue weighted by molar-refractivity contribution is 6.71. The van der Waals surface area contributed by atoms with Gasteiger partial charge in [0.2, 0.25) is 8.32 Å². The molecule has 0 unspecified atom stereocenters. The van der Waals surface area contributed by atoms with Crippen molar-refractivity contribution in [1.29, 1.82) is 0 Å². The van der Waals surface area contributed by atoms with Crippen LogP contribution in [0.3, 0.4) is 0 Å². The average molecular weight is 289 g/mol. The minimum atomic E-state index is -1.81. The van der Waals surface area contributed by atoms with E-state index in [2.05, 4.69) is 20.0 Å². The summed E-state index contributed by atoms with van der Waals surface area (Å²) in [5.41, 5.74) is 0.254. The van der Waals surface area contributed by atoms with E-state index in [0.29, 0.717) is 5.75 Å². The minimum absolute atomic E-state index is 0. The molecule has 0 aliphatic carbocycles. The summed E-state index contributed by atoms with van der Waals surface area (Å²) in [5, 5.41) is 9.07. The molecule has 0 atom stereocenters. The zero-order valence-corrected chi connectivity index (χ0v) is 12.9. The first-order valence-corrected chi connectivity index (χ1v) is 9.09. The fraction of sp³-hybridized carbons (Fsp3) is 0.462. The Labute approximate surface area is 116 Å². The summed E-state index contributed by atoms with van der Waals surface area (Å²) in [6.07, 6.45) is 2.27. The molecule has 0 bridgehead atoms. The van der Waals surface area contributed by atoms with Crippen molar-refractivity contribution >= 4 is 26.7 Å². The summed E-state index contributed by atoms with van der Waals surface area (Å²) in [7, 11) is -1.81. The molecule has 0 spiro atoms. The van der Waals surface area contributed by atoms with Gasteiger partial charge in [0, 0.05) is 0 Å². The van der Waals surface area contributed by atoms with Gasteiger partial charge in [0.15, 0.2) is 0 Å². The molecular weight excluding hydrogens is 268 g/mol. The van der Waals surface area contributed by atoms with Gasteiger partial charge in [-0.2, -0.15) is 0 Å². The summed E-state index contributed by atoms with van der Waals surface area (Å²) in [4.78, 5) is 11.1. The summed E-state index contributed by atoms with van der Waals surface area (Å²) >= 11 is 0. The lowest BCUT2D eigenvalue weighted by Gasteiger charge is -2.24. The van der Waals surface area contributed by atoms with Gasteiger partial charge in [-0.1, -0.05) is 31.9 Å². The highest BCUT2D eigenvalue weighted by Gasteiger charge is 2.25. The molecule has 0 saturated carbocycles. The smallest absolute Gasteiger partial charge is 0.339 e. The zero-order valence-electron chi connectivity index (χ0n) is 11.1. The first-order valence-electron chi connectivity index (χ1n) is 5.97. The molecule has 0 amide bonds. The third-order valence-electron chi connectivity index (χ3n) is 2.64. The fourth-order valence-electron chi connectivity index (χ4n) is 1.68. The second kappa shape index (κ2) is 7.44.